The summed E-state index contributed by atoms with van der Waals surface area (Å²) < 4.78 is 49.0. The van der Waals surface area contributed by atoms with Crippen molar-refractivity contribution in [1.82, 2.24) is 15.0 Å². The fourth-order valence-electron chi connectivity index (χ4n) is 3.87. The van der Waals surface area contributed by atoms with Crippen molar-refractivity contribution >= 4 is 12.2 Å². The summed E-state index contributed by atoms with van der Waals surface area (Å²) >= 11 is 0. The van der Waals surface area contributed by atoms with Crippen LogP contribution in [-0.4, -0.2) is 48.0 Å². The maximum atomic E-state index is 14.7. The number of oxime groups is 1. The summed E-state index contributed by atoms with van der Waals surface area (Å²) in [6.45, 7) is 4.11. The Morgan fingerprint density at radius 3 is 2.29 bits per heavy atom. The van der Waals surface area contributed by atoms with Crippen LogP contribution in [0.15, 0.2) is 41.9 Å². The van der Waals surface area contributed by atoms with Crippen LogP contribution in [-0.2, 0) is 11.3 Å². The second kappa shape index (κ2) is 11.2. The first-order chi connectivity index (χ1) is 17.0. The number of rotatable bonds is 8. The van der Waals surface area contributed by atoms with E-state index in [9.17, 15) is 13.2 Å². The van der Waals surface area contributed by atoms with E-state index < -0.39 is 17.5 Å². The van der Waals surface area contributed by atoms with Crippen molar-refractivity contribution in [1.29, 1.82) is 0 Å². The number of anilines is 1. The van der Waals surface area contributed by atoms with E-state index in [4.69, 9.17) is 4.74 Å². The molecule has 0 aliphatic carbocycles. The number of pyridine rings is 1. The van der Waals surface area contributed by atoms with Gasteiger partial charge in [0, 0.05) is 37.1 Å². The Labute approximate surface area is 201 Å². The molecule has 1 saturated heterocycles. The zero-order valence-electron chi connectivity index (χ0n) is 19.5. The van der Waals surface area contributed by atoms with Gasteiger partial charge in [-0.1, -0.05) is 12.1 Å². The number of halogens is 3. The van der Waals surface area contributed by atoms with Gasteiger partial charge in [0.05, 0.1) is 24.6 Å². The summed E-state index contributed by atoms with van der Waals surface area (Å²) in [6, 6.07) is 3.18. The number of nitrogens with zero attached hydrogens (tertiary/aromatic N) is 5. The van der Waals surface area contributed by atoms with Crippen molar-refractivity contribution in [2.45, 2.75) is 26.2 Å². The molecule has 4 rings (SSSR count). The first-order valence-electron chi connectivity index (χ1n) is 11.4. The molecule has 0 spiro atoms. The molecule has 184 valence electrons. The third-order valence-corrected chi connectivity index (χ3v) is 5.94. The lowest BCUT2D eigenvalue weighted by Gasteiger charge is -2.31. The molecule has 1 aliphatic rings. The van der Waals surface area contributed by atoms with E-state index in [0.29, 0.717) is 12.5 Å². The summed E-state index contributed by atoms with van der Waals surface area (Å²) in [6.07, 6.45) is 8.67. The first-order valence-corrected chi connectivity index (χ1v) is 11.4. The summed E-state index contributed by atoms with van der Waals surface area (Å²) in [7, 11) is 1.26. The van der Waals surface area contributed by atoms with Crippen LogP contribution in [0.3, 0.4) is 0 Å². The lowest BCUT2D eigenvalue weighted by atomic mass is 9.98. The van der Waals surface area contributed by atoms with Crippen LogP contribution in [0.5, 0.6) is 5.75 Å². The quantitative estimate of drug-likeness (QED) is 0.337. The standard InChI is InChI=1S/C25H26F3N5O2/c1-3-16-11-30-25(31-12-16)33-6-4-17(5-7-33)15-35-19-10-23(28)24(29-13-19)18-8-21(26)20(14-32-34-2)22(27)9-18/h8-14,17H,3-7,15H2,1-2H3/b32-14+. The van der Waals surface area contributed by atoms with Gasteiger partial charge in [-0.25, -0.2) is 28.1 Å². The van der Waals surface area contributed by atoms with Crippen molar-refractivity contribution in [2.24, 2.45) is 11.1 Å². The van der Waals surface area contributed by atoms with Crippen LogP contribution in [0.1, 0.15) is 30.9 Å². The number of aryl methyl sites for hydroxylation is 1. The lowest BCUT2D eigenvalue weighted by Crippen LogP contribution is -2.36. The molecule has 1 aromatic carbocycles. The van der Waals surface area contributed by atoms with E-state index in [2.05, 4.69) is 36.8 Å². The highest BCUT2D eigenvalue weighted by Gasteiger charge is 2.22. The number of ether oxygens (including phenoxy) is 1. The van der Waals surface area contributed by atoms with Crippen LogP contribution < -0.4 is 9.64 Å². The molecule has 10 heteroatoms. The predicted molar refractivity (Wildman–Crippen MR) is 126 cm³/mol. The van der Waals surface area contributed by atoms with Crippen molar-refractivity contribution in [2.75, 3.05) is 31.7 Å². The first kappa shape index (κ1) is 24.4. The highest BCUT2D eigenvalue weighted by molar-refractivity contribution is 5.81. The molecule has 7 nitrogen and oxygen atoms in total. The molecule has 0 amide bonds. The average molecular weight is 486 g/mol. The minimum absolute atomic E-state index is 0.0276. The second-order valence-electron chi connectivity index (χ2n) is 8.26. The summed E-state index contributed by atoms with van der Waals surface area (Å²) in [5, 5.41) is 3.36. The molecule has 0 atom stereocenters. The number of benzene rings is 1. The van der Waals surface area contributed by atoms with Gasteiger partial charge < -0.3 is 14.5 Å². The topological polar surface area (TPSA) is 72.7 Å². The van der Waals surface area contributed by atoms with Gasteiger partial charge in [0.1, 0.15) is 30.2 Å². The molecule has 0 unspecified atom stereocenters. The number of aromatic nitrogens is 3. The van der Waals surface area contributed by atoms with E-state index in [1.165, 1.54) is 19.4 Å². The normalized spacial score (nSPS) is 14.5. The Balaban J connectivity index is 1.34. The third-order valence-electron chi connectivity index (χ3n) is 5.94. The van der Waals surface area contributed by atoms with E-state index in [-0.39, 0.29) is 22.6 Å². The van der Waals surface area contributed by atoms with Gasteiger partial charge in [-0.2, -0.15) is 0 Å². The van der Waals surface area contributed by atoms with Crippen LogP contribution >= 0.6 is 0 Å². The molecule has 3 aromatic rings. The Kier molecular flexibility index (Phi) is 7.79. The molecule has 2 aromatic heterocycles. The number of hydrogen-bond donors (Lipinski definition) is 0. The minimum atomic E-state index is -0.902. The largest absolute Gasteiger partial charge is 0.492 e. The fourth-order valence-corrected chi connectivity index (χ4v) is 3.87. The molecule has 0 bridgehead atoms. The van der Waals surface area contributed by atoms with Crippen molar-refractivity contribution < 1.29 is 22.7 Å². The average Bonchev–Trinajstić information content (AvgIpc) is 2.87. The van der Waals surface area contributed by atoms with Gasteiger partial charge in [-0.15, -0.1) is 0 Å². The van der Waals surface area contributed by atoms with Crippen molar-refractivity contribution in [3.05, 3.63) is 65.4 Å². The molecule has 0 N–H and O–H groups in total. The number of hydrogen-bond acceptors (Lipinski definition) is 7. The van der Waals surface area contributed by atoms with Gasteiger partial charge >= 0.3 is 0 Å². The monoisotopic (exact) mass is 485 g/mol. The fraction of sp³-hybridized carbons (Fsp3) is 0.360. The second-order valence-corrected chi connectivity index (χ2v) is 8.26. The van der Waals surface area contributed by atoms with Gasteiger partial charge in [-0.3, -0.25) is 0 Å². The summed E-state index contributed by atoms with van der Waals surface area (Å²) in [5.41, 5.74) is 0.521. The van der Waals surface area contributed by atoms with Crippen LogP contribution in [0.4, 0.5) is 19.1 Å². The SMILES string of the molecule is CCc1cnc(N2CCC(COc3cnc(-c4cc(F)c(/C=N/OC)c(F)c4)c(F)c3)CC2)nc1. The van der Waals surface area contributed by atoms with E-state index in [1.54, 1.807) is 0 Å². The van der Waals surface area contributed by atoms with Gasteiger partial charge in [0.15, 0.2) is 5.82 Å². The lowest BCUT2D eigenvalue weighted by molar-refractivity contribution is 0.215. The Hall–Kier alpha value is -3.69. The van der Waals surface area contributed by atoms with Crippen LogP contribution in [0, 0.1) is 23.4 Å². The Morgan fingerprint density at radius 2 is 1.69 bits per heavy atom. The van der Waals surface area contributed by atoms with Crippen molar-refractivity contribution in [3.8, 4) is 17.0 Å². The Bertz CT molecular complexity index is 1160. The predicted octanol–water partition coefficient (Wildman–Crippen LogP) is 4.79. The van der Waals surface area contributed by atoms with Gasteiger partial charge in [0.2, 0.25) is 5.95 Å². The minimum Gasteiger partial charge on any atom is -0.492 e. The highest BCUT2D eigenvalue weighted by Crippen LogP contribution is 2.28. The maximum Gasteiger partial charge on any atom is 0.225 e. The molecule has 1 aliphatic heterocycles. The Morgan fingerprint density at radius 1 is 1.00 bits per heavy atom. The molecular weight excluding hydrogens is 459 g/mol. The highest BCUT2D eigenvalue weighted by atomic mass is 19.1. The smallest absolute Gasteiger partial charge is 0.225 e. The third kappa shape index (κ3) is 5.87. The van der Waals surface area contributed by atoms with Crippen molar-refractivity contribution in [3.63, 3.8) is 0 Å². The molecular formula is C25H26F3N5O2. The van der Waals surface area contributed by atoms with Crippen LogP contribution in [0.2, 0.25) is 0 Å². The zero-order valence-corrected chi connectivity index (χ0v) is 19.5. The van der Waals surface area contributed by atoms with Gasteiger partial charge in [0.25, 0.3) is 0 Å². The molecule has 1 fully saturated rings. The summed E-state index contributed by atoms with van der Waals surface area (Å²) in [4.78, 5) is 19.5. The number of piperidine rings is 1. The molecule has 0 radical (unpaired) electrons. The van der Waals surface area contributed by atoms with E-state index in [0.717, 1.165) is 62.2 Å². The van der Waals surface area contributed by atoms with E-state index >= 15 is 0 Å². The van der Waals surface area contributed by atoms with E-state index in [1.807, 2.05) is 12.4 Å². The zero-order chi connectivity index (χ0) is 24.8. The molecule has 0 saturated carbocycles. The van der Waals surface area contributed by atoms with Crippen LogP contribution in [0.25, 0.3) is 11.3 Å². The summed E-state index contributed by atoms with van der Waals surface area (Å²) in [5.74, 6) is -1.25. The molecule has 35 heavy (non-hydrogen) atoms. The maximum absolute atomic E-state index is 14.7. The molecule has 3 heterocycles. The van der Waals surface area contributed by atoms with Gasteiger partial charge in [-0.05, 0) is 42.9 Å².